The standard InChI is InChI=1S/C17H27FN2/c1-3-5-16-13-20(17(6-4-2)11-19-16)12-14-7-9-15(18)10-8-14/h7-10,16-17,19H,3-6,11-13H2,1-2H3. The lowest BCUT2D eigenvalue weighted by molar-refractivity contribution is 0.112. The largest absolute Gasteiger partial charge is 0.311 e. The van der Waals surface area contributed by atoms with E-state index in [2.05, 4.69) is 24.1 Å². The summed E-state index contributed by atoms with van der Waals surface area (Å²) in [5, 5.41) is 3.68. The lowest BCUT2D eigenvalue weighted by Gasteiger charge is -2.40. The van der Waals surface area contributed by atoms with Gasteiger partial charge in [0.2, 0.25) is 0 Å². The molecule has 0 spiro atoms. The number of halogens is 1. The van der Waals surface area contributed by atoms with Gasteiger partial charge in [0.1, 0.15) is 5.82 Å². The van der Waals surface area contributed by atoms with Crippen molar-refractivity contribution in [2.75, 3.05) is 13.1 Å². The van der Waals surface area contributed by atoms with Gasteiger partial charge >= 0.3 is 0 Å². The fourth-order valence-electron chi connectivity index (χ4n) is 3.11. The summed E-state index contributed by atoms with van der Waals surface area (Å²) < 4.78 is 13.0. The molecular formula is C17H27FN2. The topological polar surface area (TPSA) is 15.3 Å². The molecule has 0 bridgehead atoms. The maximum absolute atomic E-state index is 13.0. The van der Waals surface area contributed by atoms with Gasteiger partial charge in [0.05, 0.1) is 0 Å². The summed E-state index contributed by atoms with van der Waals surface area (Å²) in [5.74, 6) is -0.150. The van der Waals surface area contributed by atoms with E-state index in [1.54, 1.807) is 12.1 Å². The van der Waals surface area contributed by atoms with E-state index in [9.17, 15) is 4.39 Å². The minimum Gasteiger partial charge on any atom is -0.311 e. The van der Waals surface area contributed by atoms with Gasteiger partial charge in [-0.15, -0.1) is 0 Å². The fourth-order valence-corrected chi connectivity index (χ4v) is 3.11. The second-order valence-corrected chi connectivity index (χ2v) is 5.89. The van der Waals surface area contributed by atoms with Crippen LogP contribution in [0.5, 0.6) is 0 Å². The first-order valence-electron chi connectivity index (χ1n) is 7.94. The molecule has 1 aliphatic heterocycles. The second kappa shape index (κ2) is 7.75. The van der Waals surface area contributed by atoms with Crippen LogP contribution in [0.2, 0.25) is 0 Å². The average molecular weight is 278 g/mol. The van der Waals surface area contributed by atoms with Crippen LogP contribution in [0.15, 0.2) is 24.3 Å². The average Bonchev–Trinajstić information content (AvgIpc) is 2.45. The van der Waals surface area contributed by atoms with Crippen molar-refractivity contribution in [1.29, 1.82) is 0 Å². The summed E-state index contributed by atoms with van der Waals surface area (Å²) >= 11 is 0. The van der Waals surface area contributed by atoms with E-state index in [1.165, 1.54) is 31.2 Å². The molecule has 1 N–H and O–H groups in total. The van der Waals surface area contributed by atoms with Crippen LogP contribution in [0.1, 0.15) is 45.1 Å². The summed E-state index contributed by atoms with van der Waals surface area (Å²) in [5.41, 5.74) is 1.21. The number of nitrogens with one attached hydrogen (secondary N) is 1. The highest BCUT2D eigenvalue weighted by Crippen LogP contribution is 2.18. The molecule has 112 valence electrons. The van der Waals surface area contributed by atoms with Gasteiger partial charge in [0.15, 0.2) is 0 Å². The molecule has 1 aliphatic rings. The number of hydrogen-bond acceptors (Lipinski definition) is 2. The van der Waals surface area contributed by atoms with E-state index < -0.39 is 0 Å². The highest BCUT2D eigenvalue weighted by Gasteiger charge is 2.26. The minimum absolute atomic E-state index is 0.150. The van der Waals surface area contributed by atoms with E-state index in [4.69, 9.17) is 0 Å². The van der Waals surface area contributed by atoms with Crippen LogP contribution in [-0.2, 0) is 6.54 Å². The van der Waals surface area contributed by atoms with E-state index in [0.29, 0.717) is 12.1 Å². The van der Waals surface area contributed by atoms with Crippen molar-refractivity contribution in [3.8, 4) is 0 Å². The Bertz CT molecular complexity index is 390. The van der Waals surface area contributed by atoms with Crippen molar-refractivity contribution in [2.45, 2.75) is 58.2 Å². The van der Waals surface area contributed by atoms with Gasteiger partial charge < -0.3 is 5.32 Å². The van der Waals surface area contributed by atoms with Crippen LogP contribution in [0.3, 0.4) is 0 Å². The predicted molar refractivity (Wildman–Crippen MR) is 82.2 cm³/mol. The number of benzene rings is 1. The van der Waals surface area contributed by atoms with E-state index in [-0.39, 0.29) is 5.82 Å². The van der Waals surface area contributed by atoms with Crippen molar-refractivity contribution in [2.24, 2.45) is 0 Å². The summed E-state index contributed by atoms with van der Waals surface area (Å²) in [4.78, 5) is 2.58. The van der Waals surface area contributed by atoms with Crippen LogP contribution in [-0.4, -0.2) is 30.1 Å². The molecule has 0 aliphatic carbocycles. The van der Waals surface area contributed by atoms with Crippen LogP contribution in [0, 0.1) is 5.82 Å². The molecule has 0 saturated carbocycles. The zero-order chi connectivity index (χ0) is 14.4. The Morgan fingerprint density at radius 3 is 2.50 bits per heavy atom. The second-order valence-electron chi connectivity index (χ2n) is 5.89. The molecule has 1 heterocycles. The molecule has 3 heteroatoms. The zero-order valence-corrected chi connectivity index (χ0v) is 12.7. The molecule has 2 rings (SSSR count). The smallest absolute Gasteiger partial charge is 0.123 e. The van der Waals surface area contributed by atoms with Crippen LogP contribution >= 0.6 is 0 Å². The molecule has 1 fully saturated rings. The Morgan fingerprint density at radius 1 is 1.15 bits per heavy atom. The molecule has 1 saturated heterocycles. The van der Waals surface area contributed by atoms with Gasteiger partial charge in [-0.3, -0.25) is 4.90 Å². The van der Waals surface area contributed by atoms with Gasteiger partial charge in [-0.1, -0.05) is 38.8 Å². The Kier molecular flexibility index (Phi) is 5.99. The van der Waals surface area contributed by atoms with Crippen molar-refractivity contribution in [3.05, 3.63) is 35.6 Å². The molecule has 0 amide bonds. The molecule has 1 aromatic carbocycles. The van der Waals surface area contributed by atoms with Crippen LogP contribution in [0.25, 0.3) is 0 Å². The SMILES string of the molecule is CCCC1CN(Cc2ccc(F)cc2)C(CCC)CN1. The van der Waals surface area contributed by atoms with Crippen molar-refractivity contribution in [3.63, 3.8) is 0 Å². The van der Waals surface area contributed by atoms with E-state index >= 15 is 0 Å². The van der Waals surface area contributed by atoms with Gasteiger partial charge in [-0.2, -0.15) is 0 Å². The lowest BCUT2D eigenvalue weighted by Crippen LogP contribution is -2.55. The van der Waals surface area contributed by atoms with Crippen molar-refractivity contribution < 1.29 is 4.39 Å². The fraction of sp³-hybridized carbons (Fsp3) is 0.647. The molecule has 20 heavy (non-hydrogen) atoms. The number of hydrogen-bond donors (Lipinski definition) is 1. The quantitative estimate of drug-likeness (QED) is 0.856. The Hall–Kier alpha value is -0.930. The van der Waals surface area contributed by atoms with Crippen molar-refractivity contribution >= 4 is 0 Å². The molecular weight excluding hydrogens is 251 g/mol. The highest BCUT2D eigenvalue weighted by molar-refractivity contribution is 5.16. The molecule has 0 radical (unpaired) electrons. The normalized spacial score (nSPS) is 23.9. The third kappa shape index (κ3) is 4.29. The van der Waals surface area contributed by atoms with Crippen LogP contribution < -0.4 is 5.32 Å². The first-order chi connectivity index (χ1) is 9.72. The summed E-state index contributed by atoms with van der Waals surface area (Å²) in [6.45, 7) is 7.61. The monoisotopic (exact) mass is 278 g/mol. The first-order valence-corrected chi connectivity index (χ1v) is 7.94. The number of nitrogens with zero attached hydrogens (tertiary/aromatic N) is 1. The van der Waals surface area contributed by atoms with Gasteiger partial charge in [-0.25, -0.2) is 4.39 Å². The third-order valence-corrected chi connectivity index (χ3v) is 4.17. The molecule has 0 aromatic heterocycles. The van der Waals surface area contributed by atoms with Crippen LogP contribution in [0.4, 0.5) is 4.39 Å². The minimum atomic E-state index is -0.150. The van der Waals surface area contributed by atoms with Gasteiger partial charge in [0, 0.05) is 31.7 Å². The third-order valence-electron chi connectivity index (χ3n) is 4.17. The maximum atomic E-state index is 13.0. The zero-order valence-electron chi connectivity index (χ0n) is 12.7. The Labute approximate surface area is 122 Å². The summed E-state index contributed by atoms with van der Waals surface area (Å²) in [6, 6.07) is 8.17. The molecule has 2 atom stereocenters. The summed E-state index contributed by atoms with van der Waals surface area (Å²) in [6.07, 6.45) is 4.90. The van der Waals surface area contributed by atoms with E-state index in [1.807, 2.05) is 12.1 Å². The van der Waals surface area contributed by atoms with Gasteiger partial charge in [-0.05, 0) is 30.5 Å². The Morgan fingerprint density at radius 2 is 1.85 bits per heavy atom. The van der Waals surface area contributed by atoms with E-state index in [0.717, 1.165) is 19.6 Å². The molecule has 2 unspecified atom stereocenters. The van der Waals surface area contributed by atoms with Crippen molar-refractivity contribution in [1.82, 2.24) is 10.2 Å². The number of piperazine rings is 1. The molecule has 2 nitrogen and oxygen atoms in total. The maximum Gasteiger partial charge on any atom is 0.123 e. The predicted octanol–water partition coefficient (Wildman–Crippen LogP) is 3.57. The van der Waals surface area contributed by atoms with Gasteiger partial charge in [0.25, 0.3) is 0 Å². The number of rotatable bonds is 6. The highest BCUT2D eigenvalue weighted by atomic mass is 19.1. The Balaban J connectivity index is 2.00. The molecule has 1 aromatic rings. The first kappa shape index (κ1) is 15.5. The summed E-state index contributed by atoms with van der Waals surface area (Å²) in [7, 11) is 0. The lowest BCUT2D eigenvalue weighted by atomic mass is 10.0.